The molecule has 0 aromatic heterocycles. The molecule has 0 amide bonds. The largest absolute Gasteiger partial charge is 0.241 e. The van der Waals surface area contributed by atoms with Crippen molar-refractivity contribution < 1.29 is 22.5 Å². The van der Waals surface area contributed by atoms with Gasteiger partial charge in [0.1, 0.15) is 11.9 Å². The second-order valence-electron chi connectivity index (χ2n) is 4.18. The van der Waals surface area contributed by atoms with Crippen LogP contribution in [0.5, 0.6) is 0 Å². The van der Waals surface area contributed by atoms with Crippen molar-refractivity contribution in [3.8, 4) is 0 Å². The van der Waals surface area contributed by atoms with E-state index in [9.17, 15) is 17.6 Å². The lowest BCUT2D eigenvalue weighted by atomic mass is 10.2. The van der Waals surface area contributed by atoms with E-state index in [1.54, 1.807) is 36.5 Å². The maximum Gasteiger partial charge on any atom is 0.223 e. The van der Waals surface area contributed by atoms with Crippen molar-refractivity contribution >= 4 is 17.5 Å². The van der Waals surface area contributed by atoms with Crippen molar-refractivity contribution in [3.63, 3.8) is 0 Å². The highest BCUT2D eigenvalue weighted by molar-refractivity contribution is 5.65. The molecule has 1 aliphatic heterocycles. The summed E-state index contributed by atoms with van der Waals surface area (Å²) in [6.07, 6.45) is 3.27. The fraction of sp³-hybridized carbons (Fsp3) is 0. The second kappa shape index (κ2) is 4.20. The molecule has 1 unspecified atom stereocenters. The zero-order valence-electron chi connectivity index (χ0n) is 9.55. The molecule has 2 aromatic rings. The summed E-state index contributed by atoms with van der Waals surface area (Å²) in [6, 6.07) is 7.72. The minimum Gasteiger partial charge on any atom is -0.241 e. The Hall–Kier alpha value is -2.14. The van der Waals surface area contributed by atoms with Crippen LogP contribution in [-0.4, -0.2) is 0 Å². The molecule has 1 heterocycles. The van der Waals surface area contributed by atoms with E-state index in [1.165, 1.54) is 0 Å². The van der Waals surface area contributed by atoms with Crippen LogP contribution in [0.15, 0.2) is 36.5 Å². The second-order valence-corrected chi connectivity index (χ2v) is 4.18. The number of hydrogen-bond donors (Lipinski definition) is 1. The monoisotopic (exact) mass is 266 g/mol. The molecule has 1 N–H and O–H groups in total. The first-order valence-electron chi connectivity index (χ1n) is 5.57. The zero-order valence-corrected chi connectivity index (χ0v) is 9.55. The summed E-state index contributed by atoms with van der Waals surface area (Å²) in [7, 11) is 0. The van der Waals surface area contributed by atoms with Crippen LogP contribution >= 0.6 is 0 Å². The number of hydrogen-bond acceptors (Lipinski definition) is 0. The molecule has 1 aliphatic rings. The normalized spacial score (nSPS) is 16.7. The molecular formula is C14H8F4N+. The van der Waals surface area contributed by atoms with Gasteiger partial charge in [0, 0.05) is 23.8 Å². The molecule has 0 radical (unpaired) electrons. The van der Waals surface area contributed by atoms with Crippen LogP contribution in [0, 0.1) is 23.3 Å². The summed E-state index contributed by atoms with van der Waals surface area (Å²) in [4.78, 5) is 0.339. The van der Waals surface area contributed by atoms with Gasteiger partial charge < -0.3 is 0 Å². The molecule has 0 saturated carbocycles. The number of para-hydroxylation sites is 1. The Morgan fingerprint density at radius 1 is 0.789 bits per heavy atom. The number of fused-ring (bicyclic) bond motifs is 1. The number of nitrogens with one attached hydrogen (secondary N) is 1. The molecule has 0 bridgehead atoms. The lowest BCUT2D eigenvalue weighted by Crippen LogP contribution is -2.96. The van der Waals surface area contributed by atoms with Crippen LogP contribution in [0.3, 0.4) is 0 Å². The zero-order chi connectivity index (χ0) is 13.6. The average Bonchev–Trinajstić information content (AvgIpc) is 2.84. The van der Waals surface area contributed by atoms with Crippen LogP contribution in [0.4, 0.5) is 28.9 Å². The van der Waals surface area contributed by atoms with Gasteiger partial charge in [-0.05, 0) is 6.07 Å². The van der Waals surface area contributed by atoms with Crippen molar-refractivity contribution in [2.24, 2.45) is 0 Å². The van der Waals surface area contributed by atoms with Gasteiger partial charge >= 0.3 is 0 Å². The van der Waals surface area contributed by atoms with Gasteiger partial charge in [-0.3, -0.25) is 0 Å². The fourth-order valence-corrected chi connectivity index (χ4v) is 2.15. The van der Waals surface area contributed by atoms with Crippen molar-refractivity contribution in [3.05, 3.63) is 65.4 Å². The van der Waals surface area contributed by atoms with Crippen LogP contribution in [0.2, 0.25) is 0 Å². The Kier molecular flexibility index (Phi) is 2.64. The van der Waals surface area contributed by atoms with Gasteiger partial charge in [-0.1, -0.05) is 12.1 Å². The van der Waals surface area contributed by atoms with Crippen molar-refractivity contribution in [2.45, 2.75) is 0 Å². The summed E-state index contributed by atoms with van der Waals surface area (Å²) in [6.45, 7) is 0. The minimum atomic E-state index is -1.79. The maximum absolute atomic E-state index is 13.8. The topological polar surface area (TPSA) is 4.44 Å². The number of rotatable bonds is 1. The lowest BCUT2D eigenvalue weighted by Gasteiger charge is -2.12. The number of benzene rings is 2. The summed E-state index contributed by atoms with van der Waals surface area (Å²) in [5.74, 6) is -6.37. The molecule has 96 valence electrons. The van der Waals surface area contributed by atoms with E-state index in [2.05, 4.69) is 0 Å². The summed E-state index contributed by atoms with van der Waals surface area (Å²) < 4.78 is 53.2. The number of halogens is 4. The lowest BCUT2D eigenvalue weighted by molar-refractivity contribution is -0.695. The Balaban J connectivity index is 2.18. The van der Waals surface area contributed by atoms with Crippen LogP contribution in [0.25, 0.3) is 6.08 Å². The first kappa shape index (κ1) is 11.9. The van der Waals surface area contributed by atoms with Gasteiger partial charge in [-0.15, -0.1) is 0 Å². The Morgan fingerprint density at radius 3 is 2.32 bits per heavy atom. The molecule has 2 aromatic carbocycles. The minimum absolute atomic E-state index is 0.280. The van der Waals surface area contributed by atoms with E-state index in [1.807, 2.05) is 0 Å². The predicted molar refractivity (Wildman–Crippen MR) is 62.0 cm³/mol. The molecule has 19 heavy (non-hydrogen) atoms. The fourth-order valence-electron chi connectivity index (χ4n) is 2.15. The summed E-state index contributed by atoms with van der Waals surface area (Å²) >= 11 is 0. The Morgan fingerprint density at radius 2 is 1.53 bits per heavy atom. The molecule has 1 atom stereocenters. The van der Waals surface area contributed by atoms with Crippen molar-refractivity contribution in [1.82, 2.24) is 0 Å². The van der Waals surface area contributed by atoms with Gasteiger partial charge in [0.2, 0.25) is 11.6 Å². The van der Waals surface area contributed by atoms with E-state index >= 15 is 0 Å². The number of quaternary nitrogens is 1. The standard InChI is InChI=1S/C14H7F4N/c15-9-7-11(13(17)14(18)12(9)16)19-6-5-8-3-1-2-4-10(8)19/h1-7H/p+1. The summed E-state index contributed by atoms with van der Waals surface area (Å²) in [5.41, 5.74) is 1.20. The van der Waals surface area contributed by atoms with Gasteiger partial charge in [0.15, 0.2) is 17.3 Å². The van der Waals surface area contributed by atoms with Crippen molar-refractivity contribution in [2.75, 3.05) is 0 Å². The Bertz CT molecular complexity index is 694. The quantitative estimate of drug-likeness (QED) is 0.459. The smallest absolute Gasteiger partial charge is 0.223 e. The van der Waals surface area contributed by atoms with Crippen LogP contribution in [-0.2, 0) is 0 Å². The van der Waals surface area contributed by atoms with E-state index in [0.717, 1.165) is 5.56 Å². The highest BCUT2D eigenvalue weighted by atomic mass is 19.2. The van der Waals surface area contributed by atoms with Gasteiger partial charge in [-0.2, -0.15) is 4.39 Å². The average molecular weight is 266 g/mol. The molecule has 0 fully saturated rings. The molecular weight excluding hydrogens is 258 g/mol. The highest BCUT2D eigenvalue weighted by Crippen LogP contribution is 2.25. The molecule has 5 heteroatoms. The molecule has 1 nitrogen and oxygen atoms in total. The van der Waals surface area contributed by atoms with Gasteiger partial charge in [0.25, 0.3) is 0 Å². The SMILES string of the molecule is Fc1cc([NH+]2C=Cc3ccccc32)c(F)c(F)c1F. The third-order valence-corrected chi connectivity index (χ3v) is 3.07. The summed E-state index contributed by atoms with van der Waals surface area (Å²) in [5, 5.41) is 0. The van der Waals surface area contributed by atoms with Crippen LogP contribution < -0.4 is 4.90 Å². The molecule has 0 spiro atoms. The molecule has 0 saturated heterocycles. The third-order valence-electron chi connectivity index (χ3n) is 3.07. The van der Waals surface area contributed by atoms with Crippen molar-refractivity contribution in [1.29, 1.82) is 0 Å². The Labute approximate surface area is 106 Å². The first-order chi connectivity index (χ1) is 9.09. The van der Waals surface area contributed by atoms with E-state index in [0.29, 0.717) is 16.7 Å². The van der Waals surface area contributed by atoms with E-state index in [4.69, 9.17) is 0 Å². The highest BCUT2D eigenvalue weighted by Gasteiger charge is 2.29. The van der Waals surface area contributed by atoms with E-state index < -0.39 is 23.3 Å². The maximum atomic E-state index is 13.8. The predicted octanol–water partition coefficient (Wildman–Crippen LogP) is 3.08. The molecule has 0 aliphatic carbocycles. The van der Waals surface area contributed by atoms with Gasteiger partial charge in [0.05, 0.1) is 0 Å². The van der Waals surface area contributed by atoms with Crippen LogP contribution in [0.1, 0.15) is 5.56 Å². The molecule has 3 rings (SSSR count). The third kappa shape index (κ3) is 1.74. The first-order valence-corrected chi connectivity index (χ1v) is 5.57. The van der Waals surface area contributed by atoms with Gasteiger partial charge in [-0.25, -0.2) is 18.1 Å². The van der Waals surface area contributed by atoms with E-state index in [-0.39, 0.29) is 5.69 Å².